The van der Waals surface area contributed by atoms with Gasteiger partial charge in [0.2, 0.25) is 0 Å². The lowest BCUT2D eigenvalue weighted by molar-refractivity contribution is 0.574. The smallest absolute Gasteiger partial charge is 0.135 e. The summed E-state index contributed by atoms with van der Waals surface area (Å²) in [6, 6.07) is 7.56. The van der Waals surface area contributed by atoms with Crippen LogP contribution in [0.25, 0.3) is 0 Å². The van der Waals surface area contributed by atoms with Crippen molar-refractivity contribution in [2.24, 2.45) is 5.73 Å². The first-order chi connectivity index (χ1) is 9.49. The molecule has 0 atom stereocenters. The van der Waals surface area contributed by atoms with Crippen LogP contribution < -0.4 is 11.1 Å². The Labute approximate surface area is 119 Å². The third kappa shape index (κ3) is 3.08. The lowest BCUT2D eigenvalue weighted by atomic mass is 10.1. The third-order valence-corrected chi connectivity index (χ3v) is 2.95. The molecule has 0 saturated carbocycles. The molecule has 2 rings (SSSR count). The molecule has 104 valence electrons. The van der Waals surface area contributed by atoms with E-state index in [-0.39, 0.29) is 22.7 Å². The van der Waals surface area contributed by atoms with Crippen molar-refractivity contribution in [2.45, 2.75) is 6.54 Å². The molecular formula is C14H11F3N2S. The minimum absolute atomic E-state index is 0.0607. The van der Waals surface area contributed by atoms with E-state index in [2.05, 4.69) is 5.32 Å². The zero-order valence-corrected chi connectivity index (χ0v) is 11.1. The molecule has 0 fully saturated rings. The molecule has 0 heterocycles. The number of halogens is 3. The van der Waals surface area contributed by atoms with Gasteiger partial charge in [0.1, 0.15) is 22.4 Å². The highest BCUT2D eigenvalue weighted by Gasteiger charge is 2.11. The molecule has 0 spiro atoms. The third-order valence-electron chi connectivity index (χ3n) is 2.74. The molecule has 6 heteroatoms. The number of hydrogen-bond donors (Lipinski definition) is 2. The van der Waals surface area contributed by atoms with Gasteiger partial charge in [0.15, 0.2) is 0 Å². The van der Waals surface area contributed by atoms with Crippen LogP contribution in [0, 0.1) is 17.5 Å². The summed E-state index contributed by atoms with van der Waals surface area (Å²) in [6.07, 6.45) is 0. The molecular weight excluding hydrogens is 285 g/mol. The lowest BCUT2D eigenvalue weighted by Crippen LogP contribution is -2.15. The molecule has 0 aliphatic carbocycles. The van der Waals surface area contributed by atoms with Crippen LogP contribution in [-0.4, -0.2) is 4.99 Å². The number of anilines is 1. The molecule has 2 aromatic rings. The summed E-state index contributed by atoms with van der Waals surface area (Å²) in [5, 5.41) is 2.84. The van der Waals surface area contributed by atoms with Crippen LogP contribution in [-0.2, 0) is 6.54 Å². The van der Waals surface area contributed by atoms with Gasteiger partial charge in [0.25, 0.3) is 0 Å². The van der Waals surface area contributed by atoms with Gasteiger partial charge in [0.05, 0.1) is 5.56 Å². The Bertz CT molecular complexity index is 659. The van der Waals surface area contributed by atoms with Crippen molar-refractivity contribution in [3.63, 3.8) is 0 Å². The van der Waals surface area contributed by atoms with Gasteiger partial charge in [0, 0.05) is 23.9 Å². The van der Waals surface area contributed by atoms with E-state index in [1.807, 2.05) is 0 Å². The monoisotopic (exact) mass is 296 g/mol. The molecule has 2 aromatic carbocycles. The summed E-state index contributed by atoms with van der Waals surface area (Å²) in [5.41, 5.74) is 6.15. The summed E-state index contributed by atoms with van der Waals surface area (Å²) in [5.74, 6) is -1.88. The number of rotatable bonds is 4. The van der Waals surface area contributed by atoms with Crippen LogP contribution in [0.5, 0.6) is 0 Å². The first-order valence-corrected chi connectivity index (χ1v) is 6.16. The van der Waals surface area contributed by atoms with E-state index in [0.717, 1.165) is 12.1 Å². The van der Waals surface area contributed by atoms with Crippen molar-refractivity contribution in [3.8, 4) is 0 Å². The first-order valence-electron chi connectivity index (χ1n) is 5.75. The Balaban J connectivity index is 2.23. The quantitative estimate of drug-likeness (QED) is 0.850. The van der Waals surface area contributed by atoms with E-state index >= 15 is 0 Å². The standard InChI is InChI=1S/C14H11F3N2S/c15-9-5-4-8(11(17)6-9)7-19-12-3-1-2-10(16)13(12)14(18)20/h1-6,19H,7H2,(H2,18,20). The molecule has 3 N–H and O–H groups in total. The molecule has 0 aliphatic heterocycles. The van der Waals surface area contributed by atoms with Crippen molar-refractivity contribution in [2.75, 3.05) is 5.32 Å². The Hall–Kier alpha value is -2.08. The largest absolute Gasteiger partial charge is 0.389 e. The summed E-state index contributed by atoms with van der Waals surface area (Å²) >= 11 is 4.78. The van der Waals surface area contributed by atoms with E-state index in [1.54, 1.807) is 6.07 Å². The van der Waals surface area contributed by atoms with Crippen LogP contribution in [0.1, 0.15) is 11.1 Å². The second kappa shape index (κ2) is 5.92. The second-order valence-corrected chi connectivity index (χ2v) is 4.56. The normalized spacial score (nSPS) is 10.3. The zero-order chi connectivity index (χ0) is 14.7. The maximum Gasteiger partial charge on any atom is 0.135 e. The fraction of sp³-hybridized carbons (Fsp3) is 0.0714. The molecule has 20 heavy (non-hydrogen) atoms. The zero-order valence-electron chi connectivity index (χ0n) is 10.3. The first kappa shape index (κ1) is 14.3. The molecule has 0 aromatic heterocycles. The minimum Gasteiger partial charge on any atom is -0.389 e. The molecule has 2 nitrogen and oxygen atoms in total. The molecule has 0 saturated heterocycles. The van der Waals surface area contributed by atoms with Crippen LogP contribution in [0.2, 0.25) is 0 Å². The molecule has 0 bridgehead atoms. The van der Waals surface area contributed by atoms with Crippen LogP contribution >= 0.6 is 12.2 Å². The predicted octanol–water partition coefficient (Wildman–Crippen LogP) is 3.35. The maximum atomic E-state index is 13.6. The average molecular weight is 296 g/mol. The van der Waals surface area contributed by atoms with E-state index in [0.29, 0.717) is 5.69 Å². The van der Waals surface area contributed by atoms with Crippen LogP contribution in [0.3, 0.4) is 0 Å². The van der Waals surface area contributed by atoms with Crippen LogP contribution in [0.4, 0.5) is 18.9 Å². The maximum absolute atomic E-state index is 13.6. The van der Waals surface area contributed by atoms with Gasteiger partial charge in [-0.25, -0.2) is 13.2 Å². The Morgan fingerprint density at radius 3 is 2.50 bits per heavy atom. The van der Waals surface area contributed by atoms with Crippen molar-refractivity contribution < 1.29 is 13.2 Å². The van der Waals surface area contributed by atoms with Gasteiger partial charge < -0.3 is 11.1 Å². The Kier molecular flexibility index (Phi) is 4.24. The topological polar surface area (TPSA) is 38.0 Å². The van der Waals surface area contributed by atoms with E-state index in [4.69, 9.17) is 18.0 Å². The molecule has 0 amide bonds. The number of hydrogen-bond acceptors (Lipinski definition) is 2. The summed E-state index contributed by atoms with van der Waals surface area (Å²) in [7, 11) is 0. The highest BCUT2D eigenvalue weighted by Crippen LogP contribution is 2.20. The lowest BCUT2D eigenvalue weighted by Gasteiger charge is -2.12. The highest BCUT2D eigenvalue weighted by atomic mass is 32.1. The molecule has 0 aliphatic rings. The highest BCUT2D eigenvalue weighted by molar-refractivity contribution is 7.80. The fourth-order valence-corrected chi connectivity index (χ4v) is 1.98. The van der Waals surface area contributed by atoms with Crippen LogP contribution in [0.15, 0.2) is 36.4 Å². The van der Waals surface area contributed by atoms with Crippen molar-refractivity contribution in [3.05, 3.63) is 65.0 Å². The van der Waals surface area contributed by atoms with Gasteiger partial charge in [-0.3, -0.25) is 0 Å². The number of thiocarbonyl (C=S) groups is 1. The Morgan fingerprint density at radius 1 is 1.10 bits per heavy atom. The van der Waals surface area contributed by atoms with Gasteiger partial charge in [-0.15, -0.1) is 0 Å². The molecule has 0 radical (unpaired) electrons. The van der Waals surface area contributed by atoms with E-state index in [9.17, 15) is 13.2 Å². The number of nitrogens with one attached hydrogen (secondary N) is 1. The molecule has 0 unspecified atom stereocenters. The number of benzene rings is 2. The SMILES string of the molecule is NC(=S)c1c(F)cccc1NCc1ccc(F)cc1F. The minimum atomic E-state index is -0.675. The van der Waals surface area contributed by atoms with Gasteiger partial charge in [-0.2, -0.15) is 0 Å². The summed E-state index contributed by atoms with van der Waals surface area (Å²) < 4.78 is 39.9. The number of nitrogens with two attached hydrogens (primary N) is 1. The summed E-state index contributed by atoms with van der Waals surface area (Å²) in [6.45, 7) is 0.0607. The predicted molar refractivity (Wildman–Crippen MR) is 76.0 cm³/mol. The van der Waals surface area contributed by atoms with Gasteiger partial charge in [-0.05, 0) is 18.2 Å². The second-order valence-electron chi connectivity index (χ2n) is 4.12. The average Bonchev–Trinajstić information content (AvgIpc) is 2.37. The van der Waals surface area contributed by atoms with Crippen molar-refractivity contribution >= 4 is 22.9 Å². The van der Waals surface area contributed by atoms with Gasteiger partial charge >= 0.3 is 0 Å². The van der Waals surface area contributed by atoms with Crippen molar-refractivity contribution in [1.82, 2.24) is 0 Å². The summed E-state index contributed by atoms with van der Waals surface area (Å²) in [4.78, 5) is -0.0924. The van der Waals surface area contributed by atoms with E-state index < -0.39 is 17.5 Å². The Morgan fingerprint density at radius 2 is 1.85 bits per heavy atom. The van der Waals surface area contributed by atoms with Crippen molar-refractivity contribution in [1.29, 1.82) is 0 Å². The van der Waals surface area contributed by atoms with Gasteiger partial charge in [-0.1, -0.05) is 24.4 Å². The fourth-order valence-electron chi connectivity index (χ4n) is 1.78. The van der Waals surface area contributed by atoms with E-state index in [1.165, 1.54) is 18.2 Å².